The highest BCUT2D eigenvalue weighted by atomic mass is 16.5. The van der Waals surface area contributed by atoms with Crippen molar-refractivity contribution >= 4 is 5.97 Å². The van der Waals surface area contributed by atoms with Gasteiger partial charge in [-0.1, -0.05) is 26.0 Å². The number of ether oxygens (including phenoxy) is 2. The van der Waals surface area contributed by atoms with Crippen LogP contribution in [0.2, 0.25) is 0 Å². The average molecular weight is 265 g/mol. The van der Waals surface area contributed by atoms with Gasteiger partial charge >= 0.3 is 5.97 Å². The lowest BCUT2D eigenvalue weighted by atomic mass is 10.0. The van der Waals surface area contributed by atoms with Gasteiger partial charge in [0.1, 0.15) is 18.4 Å². The summed E-state index contributed by atoms with van der Waals surface area (Å²) in [5, 5.41) is 0. The van der Waals surface area contributed by atoms with E-state index < -0.39 is 0 Å². The SMILES string of the molecule is COc1cccc(COC(=O)C(C(C)C)N(C)C)c1. The van der Waals surface area contributed by atoms with Gasteiger partial charge in [0, 0.05) is 0 Å². The second kappa shape index (κ2) is 7.14. The van der Waals surface area contributed by atoms with Crippen LogP contribution in [0, 0.1) is 5.92 Å². The van der Waals surface area contributed by atoms with Gasteiger partial charge in [0.15, 0.2) is 0 Å². The lowest BCUT2D eigenvalue weighted by Crippen LogP contribution is -2.41. The third-order valence-corrected chi connectivity index (χ3v) is 2.94. The molecule has 0 saturated carbocycles. The molecule has 0 aromatic heterocycles. The molecule has 4 nitrogen and oxygen atoms in total. The first kappa shape index (κ1) is 15.5. The Bertz CT molecular complexity index is 408. The Kier molecular flexibility index (Phi) is 5.83. The smallest absolute Gasteiger partial charge is 0.323 e. The molecule has 0 N–H and O–H groups in total. The number of methoxy groups -OCH3 is 1. The van der Waals surface area contributed by atoms with E-state index in [1.54, 1.807) is 7.11 Å². The number of hydrogen-bond acceptors (Lipinski definition) is 4. The quantitative estimate of drug-likeness (QED) is 0.740. The van der Waals surface area contributed by atoms with Crippen LogP contribution in [0.3, 0.4) is 0 Å². The first-order valence-electron chi connectivity index (χ1n) is 6.41. The lowest BCUT2D eigenvalue weighted by Gasteiger charge is -2.25. The summed E-state index contributed by atoms with van der Waals surface area (Å²) in [5.41, 5.74) is 0.925. The number of hydrogen-bond donors (Lipinski definition) is 0. The van der Waals surface area contributed by atoms with E-state index in [1.165, 1.54) is 0 Å². The Hall–Kier alpha value is -1.55. The highest BCUT2D eigenvalue weighted by Gasteiger charge is 2.25. The van der Waals surface area contributed by atoms with Crippen LogP contribution in [0.25, 0.3) is 0 Å². The van der Waals surface area contributed by atoms with E-state index in [9.17, 15) is 4.79 Å². The molecule has 0 fully saturated rings. The zero-order chi connectivity index (χ0) is 14.4. The van der Waals surface area contributed by atoms with Crippen LogP contribution in [-0.4, -0.2) is 38.1 Å². The van der Waals surface area contributed by atoms with E-state index in [1.807, 2.05) is 57.1 Å². The number of likely N-dealkylation sites (N-methyl/N-ethyl adjacent to an activating group) is 1. The van der Waals surface area contributed by atoms with E-state index in [0.29, 0.717) is 0 Å². The number of carbonyl (C=O) groups is 1. The summed E-state index contributed by atoms with van der Waals surface area (Å²) in [7, 11) is 5.39. The Labute approximate surface area is 115 Å². The van der Waals surface area contributed by atoms with Gasteiger partial charge < -0.3 is 9.47 Å². The van der Waals surface area contributed by atoms with E-state index in [4.69, 9.17) is 9.47 Å². The number of benzene rings is 1. The van der Waals surface area contributed by atoms with Crippen LogP contribution in [0.4, 0.5) is 0 Å². The molecule has 0 amide bonds. The van der Waals surface area contributed by atoms with Gasteiger partial charge in [-0.2, -0.15) is 0 Å². The second-order valence-corrected chi connectivity index (χ2v) is 5.11. The van der Waals surface area contributed by atoms with Crippen molar-refractivity contribution in [2.75, 3.05) is 21.2 Å². The maximum Gasteiger partial charge on any atom is 0.323 e. The topological polar surface area (TPSA) is 38.8 Å². The van der Waals surface area contributed by atoms with Crippen molar-refractivity contribution in [3.63, 3.8) is 0 Å². The number of esters is 1. The molecule has 0 aliphatic rings. The summed E-state index contributed by atoms with van der Waals surface area (Å²) in [6, 6.07) is 7.31. The minimum atomic E-state index is -0.217. The van der Waals surface area contributed by atoms with E-state index >= 15 is 0 Å². The predicted molar refractivity (Wildman–Crippen MR) is 75.1 cm³/mol. The number of nitrogens with zero attached hydrogens (tertiary/aromatic N) is 1. The zero-order valence-electron chi connectivity index (χ0n) is 12.3. The summed E-state index contributed by atoms with van der Waals surface area (Å²) in [6.45, 7) is 4.29. The predicted octanol–water partition coefficient (Wildman–Crippen LogP) is 2.32. The molecule has 0 saturated heterocycles. The maximum absolute atomic E-state index is 12.1. The molecule has 106 valence electrons. The summed E-state index contributed by atoms with van der Waals surface area (Å²) < 4.78 is 10.5. The molecule has 1 aromatic rings. The fourth-order valence-corrected chi connectivity index (χ4v) is 2.08. The summed E-state index contributed by atoms with van der Waals surface area (Å²) in [4.78, 5) is 13.9. The summed E-state index contributed by atoms with van der Waals surface area (Å²) in [6.07, 6.45) is 0. The summed E-state index contributed by atoms with van der Waals surface area (Å²) >= 11 is 0. The monoisotopic (exact) mass is 265 g/mol. The van der Waals surface area contributed by atoms with Gasteiger partial charge in [0.05, 0.1) is 7.11 Å². The minimum Gasteiger partial charge on any atom is -0.497 e. The van der Waals surface area contributed by atoms with E-state index in [0.717, 1.165) is 11.3 Å². The fourth-order valence-electron chi connectivity index (χ4n) is 2.08. The molecule has 1 rings (SSSR count). The third-order valence-electron chi connectivity index (χ3n) is 2.94. The lowest BCUT2D eigenvalue weighted by molar-refractivity contribution is -0.152. The summed E-state index contributed by atoms with van der Waals surface area (Å²) in [5.74, 6) is 0.789. The number of carbonyl (C=O) groups excluding carboxylic acids is 1. The van der Waals surface area contributed by atoms with Gasteiger partial charge in [0.2, 0.25) is 0 Å². The molecular weight excluding hydrogens is 242 g/mol. The molecule has 1 unspecified atom stereocenters. The van der Waals surface area contributed by atoms with Crippen molar-refractivity contribution in [2.45, 2.75) is 26.5 Å². The maximum atomic E-state index is 12.1. The Morgan fingerprint density at radius 3 is 2.53 bits per heavy atom. The van der Waals surface area contributed by atoms with Crippen molar-refractivity contribution in [3.8, 4) is 5.75 Å². The van der Waals surface area contributed by atoms with Gasteiger partial charge in [-0.3, -0.25) is 9.69 Å². The molecule has 19 heavy (non-hydrogen) atoms. The molecule has 0 aliphatic carbocycles. The fraction of sp³-hybridized carbons (Fsp3) is 0.533. The molecule has 0 bridgehead atoms. The van der Waals surface area contributed by atoms with E-state index in [2.05, 4.69) is 0 Å². The van der Waals surface area contributed by atoms with Gasteiger partial charge in [-0.15, -0.1) is 0 Å². The van der Waals surface area contributed by atoms with Gasteiger partial charge in [-0.05, 0) is 37.7 Å². The molecule has 1 aromatic carbocycles. The highest BCUT2D eigenvalue weighted by molar-refractivity contribution is 5.76. The molecule has 0 aliphatic heterocycles. The van der Waals surface area contributed by atoms with Crippen molar-refractivity contribution < 1.29 is 14.3 Å². The molecule has 0 spiro atoms. The minimum absolute atomic E-state index is 0.192. The molecule has 0 heterocycles. The van der Waals surface area contributed by atoms with E-state index in [-0.39, 0.29) is 24.5 Å². The van der Waals surface area contributed by atoms with Crippen molar-refractivity contribution in [1.29, 1.82) is 0 Å². The molecule has 1 atom stereocenters. The first-order chi connectivity index (χ1) is 8.95. The van der Waals surface area contributed by atoms with Crippen molar-refractivity contribution in [2.24, 2.45) is 5.92 Å². The highest BCUT2D eigenvalue weighted by Crippen LogP contribution is 2.15. The van der Waals surface area contributed by atoms with Crippen LogP contribution in [0.5, 0.6) is 5.75 Å². The van der Waals surface area contributed by atoms with Gasteiger partial charge in [-0.25, -0.2) is 0 Å². The average Bonchev–Trinajstić information content (AvgIpc) is 2.35. The Morgan fingerprint density at radius 2 is 2.00 bits per heavy atom. The van der Waals surface area contributed by atoms with Crippen molar-refractivity contribution in [3.05, 3.63) is 29.8 Å². The van der Waals surface area contributed by atoms with Crippen LogP contribution >= 0.6 is 0 Å². The molecular formula is C15H23NO3. The largest absolute Gasteiger partial charge is 0.497 e. The molecule has 0 radical (unpaired) electrons. The normalized spacial score (nSPS) is 12.6. The van der Waals surface area contributed by atoms with Crippen molar-refractivity contribution in [1.82, 2.24) is 4.90 Å². The van der Waals surface area contributed by atoms with Crippen LogP contribution in [-0.2, 0) is 16.1 Å². The Morgan fingerprint density at radius 1 is 1.32 bits per heavy atom. The third kappa shape index (κ3) is 4.56. The first-order valence-corrected chi connectivity index (χ1v) is 6.41. The zero-order valence-corrected chi connectivity index (χ0v) is 12.3. The second-order valence-electron chi connectivity index (χ2n) is 5.11. The van der Waals surface area contributed by atoms with Crippen LogP contribution in [0.15, 0.2) is 24.3 Å². The van der Waals surface area contributed by atoms with Gasteiger partial charge in [0.25, 0.3) is 0 Å². The standard InChI is InChI=1S/C15H23NO3/c1-11(2)14(16(3)4)15(17)19-10-12-7-6-8-13(9-12)18-5/h6-9,11,14H,10H2,1-5H3. The van der Waals surface area contributed by atoms with Crippen LogP contribution in [0.1, 0.15) is 19.4 Å². The Balaban J connectivity index is 2.62. The number of rotatable bonds is 6. The molecule has 4 heteroatoms. The van der Waals surface area contributed by atoms with Crippen LogP contribution < -0.4 is 4.74 Å².